The number of carbonyl (C=O) groups is 2. The minimum atomic E-state index is -0.604. The highest BCUT2D eigenvalue weighted by Gasteiger charge is 2.31. The van der Waals surface area contributed by atoms with Crippen LogP contribution >= 0.6 is 0 Å². The number of fused-ring (bicyclic) bond motifs is 1. The van der Waals surface area contributed by atoms with Gasteiger partial charge >= 0.3 is 5.76 Å². The topological polar surface area (TPSA) is 97.9 Å². The molecule has 0 saturated carbocycles. The number of ether oxygens (including phenoxy) is 1. The lowest BCUT2D eigenvalue weighted by molar-refractivity contribution is -0.139. The van der Waals surface area contributed by atoms with Gasteiger partial charge in [-0.1, -0.05) is 18.2 Å². The Morgan fingerprint density at radius 3 is 2.80 bits per heavy atom. The maximum absolute atomic E-state index is 13.0. The Morgan fingerprint density at radius 1 is 1.20 bits per heavy atom. The monoisotopic (exact) mass is 410 g/mol. The molecule has 0 spiro atoms. The van der Waals surface area contributed by atoms with E-state index in [4.69, 9.17) is 9.15 Å². The number of oxazole rings is 1. The van der Waals surface area contributed by atoms with Crippen LogP contribution in [0, 0.1) is 0 Å². The molecular weight excluding hydrogens is 388 g/mol. The Hall–Kier alpha value is -3.46. The van der Waals surface area contributed by atoms with Crippen molar-refractivity contribution in [3.63, 3.8) is 0 Å². The second-order valence-electron chi connectivity index (χ2n) is 7.19. The summed E-state index contributed by atoms with van der Waals surface area (Å²) < 4.78 is 12.0. The molecule has 2 aromatic heterocycles. The van der Waals surface area contributed by atoms with Crippen LogP contribution in [-0.2, 0) is 27.4 Å². The van der Waals surface area contributed by atoms with Gasteiger partial charge in [0.05, 0.1) is 18.2 Å². The van der Waals surface area contributed by atoms with Crippen molar-refractivity contribution in [2.45, 2.75) is 19.2 Å². The summed E-state index contributed by atoms with van der Waals surface area (Å²) in [5, 5.41) is 0. The zero-order valence-electron chi connectivity index (χ0n) is 16.6. The molecule has 9 heteroatoms. The standard InChI is InChI=1S/C21H22N4O5/c1-29-16-11-23(10-15-5-4-8-22-9-15)19(26)13-24(12-16)20(27)14-25-17-6-2-3-7-18(17)30-21(25)28/h2-9,16H,10-14H2,1H3/t16-/m1/s1. The van der Waals surface area contributed by atoms with Crippen LogP contribution in [0.2, 0.25) is 0 Å². The van der Waals surface area contributed by atoms with Crippen LogP contribution in [0.15, 0.2) is 58.0 Å². The predicted octanol–water partition coefficient (Wildman–Crippen LogP) is 0.875. The number of methoxy groups -OCH3 is 1. The first-order valence-electron chi connectivity index (χ1n) is 9.61. The number of aromatic nitrogens is 2. The zero-order valence-corrected chi connectivity index (χ0v) is 16.6. The van der Waals surface area contributed by atoms with E-state index in [9.17, 15) is 14.4 Å². The van der Waals surface area contributed by atoms with Crippen LogP contribution in [0.1, 0.15) is 5.56 Å². The summed E-state index contributed by atoms with van der Waals surface area (Å²) in [7, 11) is 1.56. The zero-order chi connectivity index (χ0) is 21.1. The lowest BCUT2D eigenvalue weighted by atomic mass is 10.2. The van der Waals surface area contributed by atoms with Crippen molar-refractivity contribution in [2.24, 2.45) is 0 Å². The van der Waals surface area contributed by atoms with Crippen LogP contribution < -0.4 is 5.76 Å². The summed E-state index contributed by atoms with van der Waals surface area (Å²) in [5.41, 5.74) is 1.86. The first-order valence-corrected chi connectivity index (χ1v) is 9.61. The lowest BCUT2D eigenvalue weighted by Crippen LogP contribution is -2.42. The minimum absolute atomic E-state index is 0.0799. The summed E-state index contributed by atoms with van der Waals surface area (Å²) >= 11 is 0. The first-order chi connectivity index (χ1) is 14.5. The van der Waals surface area contributed by atoms with Crippen LogP contribution in [0.4, 0.5) is 0 Å². The van der Waals surface area contributed by atoms with Crippen LogP contribution in [0.25, 0.3) is 11.1 Å². The fourth-order valence-corrected chi connectivity index (χ4v) is 3.58. The van der Waals surface area contributed by atoms with Crippen molar-refractivity contribution < 1.29 is 18.7 Å². The van der Waals surface area contributed by atoms with Gasteiger partial charge < -0.3 is 19.0 Å². The van der Waals surface area contributed by atoms with Gasteiger partial charge in [0.15, 0.2) is 5.58 Å². The summed E-state index contributed by atoms with van der Waals surface area (Å²) in [6.45, 7) is 0.726. The largest absolute Gasteiger partial charge is 0.420 e. The molecule has 1 aromatic carbocycles. The number of nitrogens with zero attached hydrogens (tertiary/aromatic N) is 4. The number of para-hydroxylation sites is 2. The van der Waals surface area contributed by atoms with Gasteiger partial charge in [-0.25, -0.2) is 4.79 Å². The highest BCUT2D eigenvalue weighted by molar-refractivity contribution is 5.86. The molecule has 0 unspecified atom stereocenters. The van der Waals surface area contributed by atoms with E-state index in [0.717, 1.165) is 5.56 Å². The van der Waals surface area contributed by atoms with E-state index in [1.54, 1.807) is 48.7 Å². The maximum Gasteiger partial charge on any atom is 0.420 e. The van der Waals surface area contributed by atoms with Gasteiger partial charge in [0, 0.05) is 39.1 Å². The SMILES string of the molecule is CO[C@H]1CN(C(=O)Cn2c(=O)oc3ccccc32)CC(=O)N(Cc2cccnc2)C1. The predicted molar refractivity (Wildman–Crippen MR) is 108 cm³/mol. The molecule has 0 aliphatic carbocycles. The second kappa shape index (κ2) is 8.50. The normalized spacial score (nSPS) is 17.4. The molecule has 4 rings (SSSR count). The number of hydrogen-bond acceptors (Lipinski definition) is 6. The van der Waals surface area contributed by atoms with Crippen molar-refractivity contribution in [1.29, 1.82) is 0 Å². The molecule has 1 fully saturated rings. The smallest absolute Gasteiger partial charge is 0.408 e. The average Bonchev–Trinajstić information content (AvgIpc) is 2.97. The van der Waals surface area contributed by atoms with Crippen molar-refractivity contribution in [1.82, 2.24) is 19.4 Å². The van der Waals surface area contributed by atoms with E-state index in [2.05, 4.69) is 4.98 Å². The van der Waals surface area contributed by atoms with E-state index in [1.807, 2.05) is 12.1 Å². The Balaban J connectivity index is 1.52. The summed E-state index contributed by atoms with van der Waals surface area (Å²) in [4.78, 5) is 45.2. The van der Waals surface area contributed by atoms with E-state index >= 15 is 0 Å². The Labute approximate surface area is 172 Å². The van der Waals surface area contributed by atoms with Crippen LogP contribution in [0.3, 0.4) is 0 Å². The number of carbonyl (C=O) groups excluding carboxylic acids is 2. The van der Waals surface area contributed by atoms with Crippen molar-refractivity contribution in [2.75, 3.05) is 26.7 Å². The van der Waals surface area contributed by atoms with E-state index in [0.29, 0.717) is 24.2 Å². The fraction of sp³-hybridized carbons (Fsp3) is 0.333. The number of hydrogen-bond donors (Lipinski definition) is 0. The number of benzene rings is 1. The van der Waals surface area contributed by atoms with Crippen LogP contribution in [0.5, 0.6) is 0 Å². The summed E-state index contributed by atoms with van der Waals surface area (Å²) in [5.74, 6) is -1.13. The molecule has 3 aromatic rings. The minimum Gasteiger partial charge on any atom is -0.408 e. The van der Waals surface area contributed by atoms with Gasteiger partial charge in [0.1, 0.15) is 6.54 Å². The Morgan fingerprint density at radius 2 is 2.03 bits per heavy atom. The highest BCUT2D eigenvalue weighted by atomic mass is 16.5. The quantitative estimate of drug-likeness (QED) is 0.619. The molecule has 3 heterocycles. The molecule has 0 bridgehead atoms. The molecule has 1 aliphatic heterocycles. The molecule has 1 saturated heterocycles. The fourth-order valence-electron chi connectivity index (χ4n) is 3.58. The third-order valence-corrected chi connectivity index (χ3v) is 5.18. The number of rotatable bonds is 5. The van der Waals surface area contributed by atoms with E-state index in [1.165, 1.54) is 9.47 Å². The Bertz CT molecular complexity index is 1110. The van der Waals surface area contributed by atoms with Crippen molar-refractivity contribution in [3.05, 3.63) is 64.9 Å². The van der Waals surface area contributed by atoms with E-state index < -0.39 is 5.76 Å². The summed E-state index contributed by atoms with van der Waals surface area (Å²) in [6, 6.07) is 10.6. The molecule has 2 amide bonds. The van der Waals surface area contributed by atoms with Gasteiger partial charge in [-0.3, -0.25) is 19.1 Å². The lowest BCUT2D eigenvalue weighted by Gasteiger charge is -2.23. The average molecular weight is 410 g/mol. The first kappa shape index (κ1) is 19.8. The molecule has 156 valence electrons. The Kier molecular flexibility index (Phi) is 5.62. The van der Waals surface area contributed by atoms with E-state index in [-0.39, 0.29) is 37.6 Å². The maximum atomic E-state index is 13.0. The third kappa shape index (κ3) is 4.11. The van der Waals surface area contributed by atoms with Crippen LogP contribution in [-0.4, -0.2) is 64.0 Å². The molecule has 9 nitrogen and oxygen atoms in total. The second-order valence-corrected chi connectivity index (χ2v) is 7.19. The summed E-state index contributed by atoms with van der Waals surface area (Å²) in [6.07, 6.45) is 3.04. The van der Waals surface area contributed by atoms with Gasteiger partial charge in [-0.05, 0) is 23.8 Å². The molecule has 1 atom stereocenters. The van der Waals surface area contributed by atoms with Crippen molar-refractivity contribution in [3.8, 4) is 0 Å². The van der Waals surface area contributed by atoms with Gasteiger partial charge in [0.2, 0.25) is 11.8 Å². The third-order valence-electron chi connectivity index (χ3n) is 5.18. The number of amides is 2. The molecule has 1 aliphatic rings. The molecular formula is C21H22N4O5. The van der Waals surface area contributed by atoms with Crippen molar-refractivity contribution >= 4 is 22.9 Å². The number of pyridine rings is 1. The molecule has 0 N–H and O–H groups in total. The van der Waals surface area contributed by atoms with Gasteiger partial charge in [-0.15, -0.1) is 0 Å². The van der Waals surface area contributed by atoms with Gasteiger partial charge in [-0.2, -0.15) is 0 Å². The molecule has 30 heavy (non-hydrogen) atoms. The molecule has 0 radical (unpaired) electrons. The highest BCUT2D eigenvalue weighted by Crippen LogP contribution is 2.15. The van der Waals surface area contributed by atoms with Gasteiger partial charge in [0.25, 0.3) is 0 Å².